The SMILES string of the molecule is Cc1noc(CCCC(=O)N2CCC(Oc3c(C)cccc3C)CC2)n1. The number of amides is 1. The summed E-state index contributed by atoms with van der Waals surface area (Å²) < 4.78 is 11.3. The number of carbonyl (C=O) groups excluding carboxylic acids is 1. The molecule has 3 rings (SSSR count). The first-order valence-corrected chi connectivity index (χ1v) is 9.33. The molecule has 0 N–H and O–H groups in total. The van der Waals surface area contributed by atoms with E-state index in [4.69, 9.17) is 9.26 Å². The van der Waals surface area contributed by atoms with Gasteiger partial charge in [-0.15, -0.1) is 0 Å². The van der Waals surface area contributed by atoms with Crippen molar-refractivity contribution in [3.05, 3.63) is 41.0 Å². The van der Waals surface area contributed by atoms with E-state index < -0.39 is 0 Å². The number of ether oxygens (including phenoxy) is 1. The van der Waals surface area contributed by atoms with Crippen molar-refractivity contribution >= 4 is 5.91 Å². The number of nitrogens with zero attached hydrogens (tertiary/aromatic N) is 3. The Morgan fingerprint density at radius 3 is 2.54 bits per heavy atom. The van der Waals surface area contributed by atoms with Crippen molar-refractivity contribution in [3.63, 3.8) is 0 Å². The highest BCUT2D eigenvalue weighted by Gasteiger charge is 2.24. The van der Waals surface area contributed by atoms with Crippen molar-refractivity contribution in [2.45, 2.75) is 59.0 Å². The summed E-state index contributed by atoms with van der Waals surface area (Å²) in [6, 6.07) is 6.20. The summed E-state index contributed by atoms with van der Waals surface area (Å²) in [5, 5.41) is 3.76. The Bertz CT molecular complexity index is 728. The number of rotatable bonds is 6. The number of likely N-dealkylation sites (tertiary alicyclic amines) is 1. The molecule has 6 nitrogen and oxygen atoms in total. The first kappa shape index (κ1) is 18.4. The van der Waals surface area contributed by atoms with E-state index in [0.29, 0.717) is 24.6 Å². The van der Waals surface area contributed by atoms with Crippen molar-refractivity contribution in [2.75, 3.05) is 13.1 Å². The molecule has 140 valence electrons. The molecule has 1 aliphatic heterocycles. The van der Waals surface area contributed by atoms with Crippen LogP contribution in [0.1, 0.15) is 48.5 Å². The molecular weight excluding hydrogens is 330 g/mol. The zero-order chi connectivity index (χ0) is 18.5. The number of benzene rings is 1. The molecule has 1 aromatic carbocycles. The number of piperidine rings is 1. The summed E-state index contributed by atoms with van der Waals surface area (Å²) in [5.74, 6) is 2.44. The lowest BCUT2D eigenvalue weighted by molar-refractivity contribution is -0.133. The van der Waals surface area contributed by atoms with Crippen LogP contribution in [0.2, 0.25) is 0 Å². The van der Waals surface area contributed by atoms with Gasteiger partial charge in [-0.25, -0.2) is 0 Å². The van der Waals surface area contributed by atoms with E-state index in [0.717, 1.165) is 38.1 Å². The van der Waals surface area contributed by atoms with E-state index in [1.54, 1.807) is 6.92 Å². The normalized spacial score (nSPS) is 15.3. The van der Waals surface area contributed by atoms with Gasteiger partial charge in [-0.3, -0.25) is 4.79 Å². The number of carbonyl (C=O) groups is 1. The molecule has 1 amide bonds. The fraction of sp³-hybridized carbons (Fsp3) is 0.550. The van der Waals surface area contributed by atoms with Crippen LogP contribution in [0, 0.1) is 20.8 Å². The summed E-state index contributed by atoms with van der Waals surface area (Å²) in [4.78, 5) is 18.5. The van der Waals surface area contributed by atoms with Crippen molar-refractivity contribution in [3.8, 4) is 5.75 Å². The van der Waals surface area contributed by atoms with E-state index in [9.17, 15) is 4.79 Å². The molecule has 0 saturated carbocycles. The van der Waals surface area contributed by atoms with Gasteiger partial charge in [0.25, 0.3) is 0 Å². The summed E-state index contributed by atoms with van der Waals surface area (Å²) in [6.07, 6.45) is 3.84. The van der Waals surface area contributed by atoms with Crippen LogP contribution in [0.5, 0.6) is 5.75 Å². The fourth-order valence-corrected chi connectivity index (χ4v) is 3.37. The second kappa shape index (κ2) is 8.34. The van der Waals surface area contributed by atoms with Crippen molar-refractivity contribution in [2.24, 2.45) is 0 Å². The predicted octanol–water partition coefficient (Wildman–Crippen LogP) is 3.39. The molecular formula is C20H27N3O3. The minimum absolute atomic E-state index is 0.181. The molecule has 26 heavy (non-hydrogen) atoms. The Balaban J connectivity index is 1.42. The molecule has 1 aromatic heterocycles. The van der Waals surface area contributed by atoms with Crippen LogP contribution < -0.4 is 4.74 Å². The summed E-state index contributed by atoms with van der Waals surface area (Å²) in [6.45, 7) is 7.46. The monoisotopic (exact) mass is 357 g/mol. The third-order valence-corrected chi connectivity index (χ3v) is 4.84. The molecule has 0 aliphatic carbocycles. The van der Waals surface area contributed by atoms with Gasteiger partial charge in [0.1, 0.15) is 11.9 Å². The maximum Gasteiger partial charge on any atom is 0.226 e. The molecule has 0 radical (unpaired) electrons. The molecule has 0 spiro atoms. The lowest BCUT2D eigenvalue weighted by atomic mass is 10.1. The number of aryl methyl sites for hydroxylation is 4. The average molecular weight is 357 g/mol. The van der Waals surface area contributed by atoms with Crippen LogP contribution in [-0.4, -0.2) is 40.1 Å². The lowest BCUT2D eigenvalue weighted by Gasteiger charge is -2.33. The van der Waals surface area contributed by atoms with E-state index in [1.165, 1.54) is 11.1 Å². The van der Waals surface area contributed by atoms with E-state index in [2.05, 4.69) is 42.2 Å². The minimum atomic E-state index is 0.181. The Morgan fingerprint density at radius 2 is 1.92 bits per heavy atom. The van der Waals surface area contributed by atoms with Crippen molar-refractivity contribution < 1.29 is 14.1 Å². The summed E-state index contributed by atoms with van der Waals surface area (Å²) in [7, 11) is 0. The Morgan fingerprint density at radius 1 is 1.23 bits per heavy atom. The molecule has 0 bridgehead atoms. The molecule has 0 atom stereocenters. The van der Waals surface area contributed by atoms with Crippen LogP contribution in [0.25, 0.3) is 0 Å². The van der Waals surface area contributed by atoms with Gasteiger partial charge in [0.15, 0.2) is 5.82 Å². The lowest BCUT2D eigenvalue weighted by Crippen LogP contribution is -2.41. The standard InChI is InChI=1S/C20H27N3O3/c1-14-6-4-7-15(2)20(14)25-17-10-12-23(13-11-17)19(24)9-5-8-18-21-16(3)22-26-18/h4,6-7,17H,5,8-13H2,1-3H3. The number of hydrogen-bond acceptors (Lipinski definition) is 5. The number of aromatic nitrogens is 2. The summed E-state index contributed by atoms with van der Waals surface area (Å²) in [5.41, 5.74) is 2.33. The molecule has 2 heterocycles. The zero-order valence-corrected chi connectivity index (χ0v) is 15.8. The topological polar surface area (TPSA) is 68.5 Å². The highest BCUT2D eigenvalue weighted by Crippen LogP contribution is 2.26. The smallest absolute Gasteiger partial charge is 0.226 e. The first-order chi connectivity index (χ1) is 12.5. The maximum atomic E-state index is 12.4. The third-order valence-electron chi connectivity index (χ3n) is 4.84. The molecule has 0 unspecified atom stereocenters. The van der Waals surface area contributed by atoms with Crippen molar-refractivity contribution in [1.82, 2.24) is 15.0 Å². The van der Waals surface area contributed by atoms with Gasteiger partial charge in [-0.05, 0) is 38.3 Å². The van der Waals surface area contributed by atoms with Crippen LogP contribution in [0.4, 0.5) is 0 Å². The van der Waals surface area contributed by atoms with Crippen LogP contribution in [-0.2, 0) is 11.2 Å². The third kappa shape index (κ3) is 4.62. The van der Waals surface area contributed by atoms with Gasteiger partial charge in [-0.1, -0.05) is 23.4 Å². The molecule has 1 saturated heterocycles. The van der Waals surface area contributed by atoms with E-state index >= 15 is 0 Å². The predicted molar refractivity (Wildman–Crippen MR) is 98.1 cm³/mol. The quantitative estimate of drug-likeness (QED) is 0.793. The average Bonchev–Trinajstić information content (AvgIpc) is 3.04. The largest absolute Gasteiger partial charge is 0.490 e. The van der Waals surface area contributed by atoms with Crippen LogP contribution in [0.15, 0.2) is 22.7 Å². The summed E-state index contributed by atoms with van der Waals surface area (Å²) >= 11 is 0. The Kier molecular flexibility index (Phi) is 5.91. The highest BCUT2D eigenvalue weighted by atomic mass is 16.5. The van der Waals surface area contributed by atoms with Gasteiger partial charge in [0.2, 0.25) is 11.8 Å². The minimum Gasteiger partial charge on any atom is -0.490 e. The zero-order valence-electron chi connectivity index (χ0n) is 15.8. The van der Waals surface area contributed by atoms with E-state index in [1.807, 2.05) is 4.90 Å². The van der Waals surface area contributed by atoms with Crippen molar-refractivity contribution in [1.29, 1.82) is 0 Å². The van der Waals surface area contributed by atoms with Crippen LogP contribution >= 0.6 is 0 Å². The van der Waals surface area contributed by atoms with E-state index in [-0.39, 0.29) is 12.0 Å². The molecule has 6 heteroatoms. The number of hydrogen-bond donors (Lipinski definition) is 0. The second-order valence-corrected chi connectivity index (χ2v) is 7.01. The molecule has 1 aliphatic rings. The first-order valence-electron chi connectivity index (χ1n) is 9.33. The van der Waals surface area contributed by atoms with Gasteiger partial charge in [0.05, 0.1) is 0 Å². The molecule has 1 fully saturated rings. The fourth-order valence-electron chi connectivity index (χ4n) is 3.37. The Labute approximate surface area is 154 Å². The van der Waals surface area contributed by atoms with Gasteiger partial charge in [0, 0.05) is 38.8 Å². The number of para-hydroxylation sites is 1. The maximum absolute atomic E-state index is 12.4. The van der Waals surface area contributed by atoms with Crippen LogP contribution in [0.3, 0.4) is 0 Å². The van der Waals surface area contributed by atoms with Gasteiger partial charge < -0.3 is 14.2 Å². The van der Waals surface area contributed by atoms with Gasteiger partial charge >= 0.3 is 0 Å². The van der Waals surface area contributed by atoms with Gasteiger partial charge in [-0.2, -0.15) is 4.98 Å². The second-order valence-electron chi connectivity index (χ2n) is 7.01. The Hall–Kier alpha value is -2.37. The highest BCUT2D eigenvalue weighted by molar-refractivity contribution is 5.76. The molecule has 2 aromatic rings.